The Labute approximate surface area is 140 Å². The van der Waals surface area contributed by atoms with E-state index in [0.717, 1.165) is 11.1 Å². The van der Waals surface area contributed by atoms with Crippen LogP contribution >= 0.6 is 0 Å². The Bertz CT molecular complexity index is 928. The molecule has 0 saturated carbocycles. The molecular weight excluding hydrogens is 304 g/mol. The van der Waals surface area contributed by atoms with Gasteiger partial charge in [-0.3, -0.25) is 4.79 Å². The van der Waals surface area contributed by atoms with Gasteiger partial charge in [0.2, 0.25) is 0 Å². The number of hydrogen-bond acceptors (Lipinski definition) is 4. The first-order valence-corrected chi connectivity index (χ1v) is 7.83. The van der Waals surface area contributed by atoms with Crippen LogP contribution < -0.4 is 5.32 Å². The van der Waals surface area contributed by atoms with Gasteiger partial charge in [0.1, 0.15) is 11.3 Å². The number of amides is 1. The number of rotatable bonds is 3. The van der Waals surface area contributed by atoms with Gasteiger partial charge in [0.25, 0.3) is 5.91 Å². The molecule has 0 fully saturated rings. The standard InChI is InChI=1S/C18H20N4O2/c1-10(2)13-9-14(11(3)8-15(13)23)20-18(24)16-12(4)21-22-7-5-6-19-17(16)22/h5-10,23H,1-4H3,(H,20,24). The first kappa shape index (κ1) is 16.0. The van der Waals surface area contributed by atoms with Gasteiger partial charge in [-0.2, -0.15) is 5.10 Å². The van der Waals surface area contributed by atoms with Crippen molar-refractivity contribution in [2.24, 2.45) is 0 Å². The predicted molar refractivity (Wildman–Crippen MR) is 92.6 cm³/mol. The molecule has 6 heteroatoms. The molecule has 0 spiro atoms. The Morgan fingerprint density at radius 2 is 2.04 bits per heavy atom. The van der Waals surface area contributed by atoms with Crippen LogP contribution in [0.4, 0.5) is 5.69 Å². The van der Waals surface area contributed by atoms with Crippen molar-refractivity contribution in [3.05, 3.63) is 53.0 Å². The summed E-state index contributed by atoms with van der Waals surface area (Å²) >= 11 is 0. The van der Waals surface area contributed by atoms with Crippen LogP contribution in [0, 0.1) is 13.8 Å². The maximum Gasteiger partial charge on any atom is 0.261 e. The third-order valence-corrected chi connectivity index (χ3v) is 4.04. The average Bonchev–Trinajstić information content (AvgIpc) is 2.85. The first-order valence-electron chi connectivity index (χ1n) is 7.83. The second-order valence-corrected chi connectivity index (χ2v) is 6.18. The Morgan fingerprint density at radius 1 is 1.29 bits per heavy atom. The van der Waals surface area contributed by atoms with Gasteiger partial charge >= 0.3 is 0 Å². The third kappa shape index (κ3) is 2.71. The molecule has 0 radical (unpaired) electrons. The zero-order valence-corrected chi connectivity index (χ0v) is 14.2. The summed E-state index contributed by atoms with van der Waals surface area (Å²) in [6.07, 6.45) is 3.39. The number of phenols is 1. The van der Waals surface area contributed by atoms with E-state index in [2.05, 4.69) is 15.4 Å². The molecule has 0 aliphatic rings. The lowest BCUT2D eigenvalue weighted by Crippen LogP contribution is -2.14. The molecule has 3 rings (SSSR count). The summed E-state index contributed by atoms with van der Waals surface area (Å²) in [7, 11) is 0. The molecule has 2 heterocycles. The third-order valence-electron chi connectivity index (χ3n) is 4.04. The minimum absolute atomic E-state index is 0.154. The van der Waals surface area contributed by atoms with Crippen molar-refractivity contribution in [1.29, 1.82) is 0 Å². The van der Waals surface area contributed by atoms with Gasteiger partial charge in [0.05, 0.1) is 5.69 Å². The Balaban J connectivity index is 2.00. The molecule has 0 aliphatic heterocycles. The van der Waals surface area contributed by atoms with Crippen molar-refractivity contribution in [1.82, 2.24) is 14.6 Å². The molecule has 2 N–H and O–H groups in total. The van der Waals surface area contributed by atoms with Crippen molar-refractivity contribution in [2.45, 2.75) is 33.6 Å². The summed E-state index contributed by atoms with van der Waals surface area (Å²) in [5.74, 6) is 0.139. The number of anilines is 1. The molecule has 0 aliphatic carbocycles. The average molecular weight is 324 g/mol. The van der Waals surface area contributed by atoms with Crippen molar-refractivity contribution < 1.29 is 9.90 Å². The number of phenolic OH excluding ortho intramolecular Hbond substituents is 1. The van der Waals surface area contributed by atoms with E-state index in [1.165, 1.54) is 0 Å². The molecule has 6 nitrogen and oxygen atoms in total. The smallest absolute Gasteiger partial charge is 0.261 e. The highest BCUT2D eigenvalue weighted by atomic mass is 16.3. The molecule has 2 aromatic heterocycles. The highest BCUT2D eigenvalue weighted by molar-refractivity contribution is 6.09. The predicted octanol–water partition coefficient (Wildman–Crippen LogP) is 3.43. The number of nitrogens with one attached hydrogen (secondary N) is 1. The molecule has 0 unspecified atom stereocenters. The van der Waals surface area contributed by atoms with E-state index in [1.807, 2.05) is 26.8 Å². The molecule has 124 valence electrons. The Kier molecular flexibility index (Phi) is 3.97. The molecule has 1 amide bonds. The van der Waals surface area contributed by atoms with E-state index in [9.17, 15) is 9.90 Å². The second-order valence-electron chi connectivity index (χ2n) is 6.18. The van der Waals surface area contributed by atoms with Crippen molar-refractivity contribution in [3.8, 4) is 5.75 Å². The number of benzene rings is 1. The number of aryl methyl sites for hydroxylation is 2. The number of nitrogens with zero attached hydrogens (tertiary/aromatic N) is 3. The summed E-state index contributed by atoms with van der Waals surface area (Å²) in [4.78, 5) is 17.0. The number of hydrogen-bond donors (Lipinski definition) is 2. The molecule has 0 bridgehead atoms. The van der Waals surface area contributed by atoms with Gasteiger partial charge in [0.15, 0.2) is 5.65 Å². The van der Waals surface area contributed by atoms with Gasteiger partial charge in [-0.15, -0.1) is 0 Å². The number of carbonyl (C=O) groups is 1. The number of carbonyl (C=O) groups excluding carboxylic acids is 1. The van der Waals surface area contributed by atoms with E-state index in [4.69, 9.17) is 0 Å². The zero-order chi connectivity index (χ0) is 17.4. The maximum absolute atomic E-state index is 12.8. The lowest BCUT2D eigenvalue weighted by atomic mass is 9.99. The van der Waals surface area contributed by atoms with E-state index in [0.29, 0.717) is 22.6 Å². The lowest BCUT2D eigenvalue weighted by Gasteiger charge is -2.14. The Hall–Kier alpha value is -2.89. The van der Waals surface area contributed by atoms with Gasteiger partial charge in [0, 0.05) is 18.1 Å². The zero-order valence-electron chi connectivity index (χ0n) is 14.2. The Morgan fingerprint density at radius 3 is 2.75 bits per heavy atom. The second kappa shape index (κ2) is 5.96. The van der Waals surface area contributed by atoms with Crippen LogP contribution in [-0.4, -0.2) is 25.6 Å². The highest BCUT2D eigenvalue weighted by Crippen LogP contribution is 2.31. The monoisotopic (exact) mass is 324 g/mol. The largest absolute Gasteiger partial charge is 0.508 e. The minimum atomic E-state index is -0.260. The molecule has 0 atom stereocenters. The van der Waals surface area contributed by atoms with E-state index in [1.54, 1.807) is 36.0 Å². The van der Waals surface area contributed by atoms with Crippen LogP contribution in [0.5, 0.6) is 5.75 Å². The van der Waals surface area contributed by atoms with Crippen LogP contribution in [0.15, 0.2) is 30.6 Å². The molecule has 0 saturated heterocycles. The topological polar surface area (TPSA) is 79.5 Å². The number of aromatic hydroxyl groups is 1. The number of fused-ring (bicyclic) bond motifs is 1. The van der Waals surface area contributed by atoms with Crippen LogP contribution in [0.1, 0.15) is 46.9 Å². The summed E-state index contributed by atoms with van der Waals surface area (Å²) in [5.41, 5.74) is 3.86. The lowest BCUT2D eigenvalue weighted by molar-refractivity contribution is 0.102. The number of aromatic nitrogens is 3. The van der Waals surface area contributed by atoms with Gasteiger partial charge in [-0.25, -0.2) is 9.50 Å². The normalized spacial score (nSPS) is 11.2. The molecular formula is C18H20N4O2. The van der Waals surface area contributed by atoms with Gasteiger partial charge in [-0.05, 0) is 49.1 Å². The van der Waals surface area contributed by atoms with Gasteiger partial charge < -0.3 is 10.4 Å². The SMILES string of the molecule is Cc1cc(O)c(C(C)C)cc1NC(=O)c1c(C)nn2cccnc12. The summed E-state index contributed by atoms with van der Waals surface area (Å²) in [6.45, 7) is 7.62. The fourth-order valence-corrected chi connectivity index (χ4v) is 2.75. The minimum Gasteiger partial charge on any atom is -0.508 e. The summed E-state index contributed by atoms with van der Waals surface area (Å²) in [6, 6.07) is 5.26. The van der Waals surface area contributed by atoms with Crippen LogP contribution in [0.25, 0.3) is 5.65 Å². The fourth-order valence-electron chi connectivity index (χ4n) is 2.75. The van der Waals surface area contributed by atoms with Crippen molar-refractivity contribution in [2.75, 3.05) is 5.32 Å². The first-order chi connectivity index (χ1) is 11.4. The fraction of sp³-hybridized carbons (Fsp3) is 0.278. The van der Waals surface area contributed by atoms with E-state index >= 15 is 0 Å². The summed E-state index contributed by atoms with van der Waals surface area (Å²) in [5, 5.41) is 17.3. The quantitative estimate of drug-likeness (QED) is 0.723. The van der Waals surface area contributed by atoms with Crippen LogP contribution in [0.2, 0.25) is 0 Å². The van der Waals surface area contributed by atoms with Crippen LogP contribution in [-0.2, 0) is 0 Å². The van der Waals surface area contributed by atoms with Crippen LogP contribution in [0.3, 0.4) is 0 Å². The van der Waals surface area contributed by atoms with Crippen molar-refractivity contribution in [3.63, 3.8) is 0 Å². The van der Waals surface area contributed by atoms with Crippen molar-refractivity contribution >= 4 is 17.2 Å². The molecule has 1 aromatic carbocycles. The van der Waals surface area contributed by atoms with Gasteiger partial charge in [-0.1, -0.05) is 13.8 Å². The van der Waals surface area contributed by atoms with E-state index in [-0.39, 0.29) is 17.6 Å². The van der Waals surface area contributed by atoms with E-state index < -0.39 is 0 Å². The highest BCUT2D eigenvalue weighted by Gasteiger charge is 2.19. The maximum atomic E-state index is 12.8. The molecule has 24 heavy (non-hydrogen) atoms. The summed E-state index contributed by atoms with van der Waals surface area (Å²) < 4.78 is 1.59. The molecule has 3 aromatic rings.